The van der Waals surface area contributed by atoms with Crippen LogP contribution in [0.25, 0.3) is 0 Å². The zero-order valence-corrected chi connectivity index (χ0v) is 14.7. The minimum absolute atomic E-state index is 0.00913. The van der Waals surface area contributed by atoms with E-state index in [4.69, 9.17) is 27.9 Å². The minimum Gasteiger partial charge on any atom is -0.378 e. The van der Waals surface area contributed by atoms with Gasteiger partial charge in [0, 0.05) is 18.2 Å². The molecule has 0 aromatic heterocycles. The summed E-state index contributed by atoms with van der Waals surface area (Å²) in [6.45, 7) is 0.883. The Morgan fingerprint density at radius 1 is 1.18 bits per heavy atom. The molecular formula is C15H21Cl2NO3S. The molecule has 0 unspecified atom stereocenters. The van der Waals surface area contributed by atoms with E-state index < -0.39 is 10.0 Å². The number of hydrogen-bond acceptors (Lipinski definition) is 3. The van der Waals surface area contributed by atoms with Gasteiger partial charge in [-0.3, -0.25) is 0 Å². The lowest BCUT2D eigenvalue weighted by Crippen LogP contribution is -2.26. The molecule has 1 fully saturated rings. The summed E-state index contributed by atoms with van der Waals surface area (Å²) < 4.78 is 32.6. The maximum Gasteiger partial charge on any atom is 0.242 e. The van der Waals surface area contributed by atoms with Crippen molar-refractivity contribution in [1.29, 1.82) is 0 Å². The summed E-state index contributed by atoms with van der Waals surface area (Å²) in [7, 11) is -3.64. The first-order chi connectivity index (χ1) is 10.5. The molecule has 0 spiro atoms. The fourth-order valence-electron chi connectivity index (χ4n) is 2.52. The molecule has 1 aromatic rings. The topological polar surface area (TPSA) is 55.4 Å². The van der Waals surface area contributed by atoms with Crippen LogP contribution in [0.15, 0.2) is 23.1 Å². The first kappa shape index (κ1) is 18.0. The van der Waals surface area contributed by atoms with Crippen molar-refractivity contribution >= 4 is 33.2 Å². The highest BCUT2D eigenvalue weighted by Gasteiger charge is 2.18. The van der Waals surface area contributed by atoms with Crippen molar-refractivity contribution in [1.82, 2.24) is 4.72 Å². The van der Waals surface area contributed by atoms with E-state index >= 15 is 0 Å². The van der Waals surface area contributed by atoms with Crippen LogP contribution in [-0.2, 0) is 14.8 Å². The van der Waals surface area contributed by atoms with Crippen molar-refractivity contribution in [2.45, 2.75) is 49.5 Å². The van der Waals surface area contributed by atoms with Gasteiger partial charge in [-0.1, -0.05) is 42.5 Å². The molecule has 1 N–H and O–H groups in total. The molecule has 1 saturated carbocycles. The smallest absolute Gasteiger partial charge is 0.242 e. The minimum atomic E-state index is -3.64. The van der Waals surface area contributed by atoms with Gasteiger partial charge in [0.05, 0.1) is 11.1 Å². The zero-order valence-electron chi connectivity index (χ0n) is 12.4. The Labute approximate surface area is 142 Å². The van der Waals surface area contributed by atoms with E-state index in [0.29, 0.717) is 30.7 Å². The molecule has 2 rings (SSSR count). The Morgan fingerprint density at radius 2 is 1.91 bits per heavy atom. The third-order valence-corrected chi connectivity index (χ3v) is 5.88. The van der Waals surface area contributed by atoms with Crippen molar-refractivity contribution in [3.8, 4) is 0 Å². The van der Waals surface area contributed by atoms with Crippen LogP contribution in [-0.4, -0.2) is 27.7 Å². The lowest BCUT2D eigenvalue weighted by atomic mass is 9.98. The highest BCUT2D eigenvalue weighted by molar-refractivity contribution is 7.89. The summed E-state index contributed by atoms with van der Waals surface area (Å²) in [4.78, 5) is 0.00913. The molecule has 0 bridgehead atoms. The quantitative estimate of drug-likeness (QED) is 0.742. The summed E-state index contributed by atoms with van der Waals surface area (Å²) in [5.41, 5.74) is 0. The SMILES string of the molecule is O=S(=O)(NCCCOC1CCCCC1)c1cc(Cl)ccc1Cl. The fourth-order valence-corrected chi connectivity index (χ4v) is 4.36. The second-order valence-electron chi connectivity index (χ2n) is 5.46. The number of sulfonamides is 1. The maximum absolute atomic E-state index is 12.2. The number of hydrogen-bond donors (Lipinski definition) is 1. The number of rotatable bonds is 7. The van der Waals surface area contributed by atoms with Gasteiger partial charge < -0.3 is 4.74 Å². The van der Waals surface area contributed by atoms with Gasteiger partial charge >= 0.3 is 0 Å². The Kier molecular flexibility index (Phi) is 6.96. The van der Waals surface area contributed by atoms with E-state index in [1.54, 1.807) is 6.07 Å². The van der Waals surface area contributed by atoms with Crippen molar-refractivity contribution in [3.63, 3.8) is 0 Å². The highest BCUT2D eigenvalue weighted by Crippen LogP contribution is 2.24. The van der Waals surface area contributed by atoms with Crippen LogP contribution in [0.3, 0.4) is 0 Å². The van der Waals surface area contributed by atoms with Gasteiger partial charge in [-0.25, -0.2) is 13.1 Å². The molecule has 0 aliphatic heterocycles. The van der Waals surface area contributed by atoms with Gasteiger partial charge in [-0.2, -0.15) is 0 Å². The number of ether oxygens (including phenoxy) is 1. The number of halogens is 2. The van der Waals surface area contributed by atoms with Gasteiger partial charge in [-0.05, 0) is 37.5 Å². The summed E-state index contributed by atoms with van der Waals surface area (Å²) in [5.74, 6) is 0. The summed E-state index contributed by atoms with van der Waals surface area (Å²) in [6, 6.07) is 4.39. The van der Waals surface area contributed by atoms with Crippen molar-refractivity contribution < 1.29 is 13.2 Å². The van der Waals surface area contributed by atoms with E-state index in [2.05, 4.69) is 4.72 Å². The molecule has 0 heterocycles. The number of nitrogens with one attached hydrogen (secondary N) is 1. The second-order valence-corrected chi connectivity index (χ2v) is 8.04. The van der Waals surface area contributed by atoms with Crippen molar-refractivity contribution in [2.75, 3.05) is 13.2 Å². The number of benzene rings is 1. The fraction of sp³-hybridized carbons (Fsp3) is 0.600. The molecule has 0 amide bonds. The maximum atomic E-state index is 12.2. The largest absolute Gasteiger partial charge is 0.378 e. The molecule has 0 atom stereocenters. The van der Waals surface area contributed by atoms with Crippen LogP contribution >= 0.6 is 23.2 Å². The Hall–Kier alpha value is -0.330. The van der Waals surface area contributed by atoms with Crippen LogP contribution < -0.4 is 4.72 Å². The average molecular weight is 366 g/mol. The van der Waals surface area contributed by atoms with Crippen molar-refractivity contribution in [3.05, 3.63) is 28.2 Å². The first-order valence-electron chi connectivity index (χ1n) is 7.55. The van der Waals surface area contributed by atoms with Crippen molar-refractivity contribution in [2.24, 2.45) is 0 Å². The van der Waals surface area contributed by atoms with E-state index in [0.717, 1.165) is 12.8 Å². The molecule has 124 valence electrons. The van der Waals surface area contributed by atoms with Gasteiger partial charge in [0.15, 0.2) is 0 Å². The molecular weight excluding hydrogens is 345 g/mol. The third kappa shape index (κ3) is 5.39. The normalized spacial score (nSPS) is 16.8. The van der Waals surface area contributed by atoms with Gasteiger partial charge in [-0.15, -0.1) is 0 Å². The van der Waals surface area contributed by atoms with Crippen LogP contribution in [0.2, 0.25) is 10.0 Å². The predicted molar refractivity (Wildman–Crippen MR) is 89.1 cm³/mol. The predicted octanol–water partition coefficient (Wildman–Crippen LogP) is 4.01. The summed E-state index contributed by atoms with van der Waals surface area (Å²) in [5, 5.41) is 0.501. The monoisotopic (exact) mass is 365 g/mol. The Morgan fingerprint density at radius 3 is 2.64 bits per heavy atom. The Balaban J connectivity index is 1.76. The Bertz CT molecular complexity index is 586. The van der Waals surface area contributed by atoms with Gasteiger partial charge in [0.1, 0.15) is 4.90 Å². The molecule has 1 aromatic carbocycles. The standard InChI is InChI=1S/C15H21Cl2NO3S/c16-12-7-8-14(17)15(11-12)22(19,20)18-9-4-10-21-13-5-2-1-3-6-13/h7-8,11,13,18H,1-6,9-10H2. The molecule has 0 radical (unpaired) electrons. The zero-order chi connectivity index (χ0) is 16.0. The van der Waals surface area contributed by atoms with Crippen LogP contribution in [0, 0.1) is 0 Å². The molecule has 4 nitrogen and oxygen atoms in total. The van der Waals surface area contributed by atoms with Crippen LogP contribution in [0.4, 0.5) is 0 Å². The van der Waals surface area contributed by atoms with E-state index in [-0.39, 0.29) is 9.92 Å². The van der Waals surface area contributed by atoms with E-state index in [1.807, 2.05) is 0 Å². The first-order valence-corrected chi connectivity index (χ1v) is 9.79. The molecule has 7 heteroatoms. The van der Waals surface area contributed by atoms with Gasteiger partial charge in [0.25, 0.3) is 0 Å². The lowest BCUT2D eigenvalue weighted by Gasteiger charge is -2.21. The highest BCUT2D eigenvalue weighted by atomic mass is 35.5. The van der Waals surface area contributed by atoms with Crippen LogP contribution in [0.1, 0.15) is 38.5 Å². The van der Waals surface area contributed by atoms with E-state index in [9.17, 15) is 8.42 Å². The lowest BCUT2D eigenvalue weighted by molar-refractivity contribution is 0.0278. The molecule has 22 heavy (non-hydrogen) atoms. The molecule has 0 saturated heterocycles. The summed E-state index contributed by atoms with van der Waals surface area (Å²) in [6.07, 6.45) is 6.95. The molecule has 1 aliphatic carbocycles. The third-order valence-electron chi connectivity index (χ3n) is 3.70. The van der Waals surface area contributed by atoms with Crippen LogP contribution in [0.5, 0.6) is 0 Å². The average Bonchev–Trinajstić information content (AvgIpc) is 2.50. The second kappa shape index (κ2) is 8.50. The molecule has 1 aliphatic rings. The summed E-state index contributed by atoms with van der Waals surface area (Å²) >= 11 is 11.7. The van der Waals surface area contributed by atoms with E-state index in [1.165, 1.54) is 31.4 Å². The van der Waals surface area contributed by atoms with Gasteiger partial charge in [0.2, 0.25) is 10.0 Å².